The first-order chi connectivity index (χ1) is 7.11. The Morgan fingerprint density at radius 3 is 2.33 bits per heavy atom. The maximum absolute atomic E-state index is 10.9. The normalized spacial score (nSPS) is 9.40. The molecule has 0 aliphatic carbocycles. The fourth-order valence-electron chi connectivity index (χ4n) is 0.913. The maximum Gasteiger partial charge on any atom is 0.383 e. The van der Waals surface area contributed by atoms with E-state index in [1.807, 2.05) is 0 Å². The summed E-state index contributed by atoms with van der Waals surface area (Å²) < 4.78 is 9.58. The number of nitro groups is 1. The molecule has 0 aromatic heterocycles. The van der Waals surface area contributed by atoms with Crippen molar-refractivity contribution in [1.29, 1.82) is 0 Å². The second-order valence-electron chi connectivity index (χ2n) is 2.64. The van der Waals surface area contributed by atoms with Crippen LogP contribution in [0.4, 0.5) is 0 Å². The molecule has 0 unspecified atom stereocenters. The second-order valence-corrected chi connectivity index (χ2v) is 2.64. The van der Waals surface area contributed by atoms with Gasteiger partial charge in [0, 0.05) is 4.92 Å². The lowest BCUT2D eigenvalue weighted by Gasteiger charge is -2.02. The van der Waals surface area contributed by atoms with Crippen LogP contribution in [0.3, 0.4) is 0 Å². The van der Waals surface area contributed by atoms with Crippen molar-refractivity contribution in [2.24, 2.45) is 0 Å². The van der Waals surface area contributed by atoms with Gasteiger partial charge >= 0.3 is 5.97 Å². The van der Waals surface area contributed by atoms with Gasteiger partial charge in [0.05, 0.1) is 7.11 Å². The third-order valence-electron chi connectivity index (χ3n) is 1.55. The predicted octanol–water partition coefficient (Wildman–Crippen LogP) is 0.877. The van der Waals surface area contributed by atoms with Gasteiger partial charge in [-0.15, -0.1) is 0 Å². The Kier molecular flexibility index (Phi) is 3.61. The molecular weight excluding hydrogens is 202 g/mol. The number of carbonyl (C=O) groups excluding carboxylic acids is 1. The smallest absolute Gasteiger partial charge is 0.383 e. The molecule has 0 amide bonds. The van der Waals surface area contributed by atoms with E-state index in [1.54, 1.807) is 12.1 Å². The van der Waals surface area contributed by atoms with Gasteiger partial charge in [-0.25, -0.2) is 4.79 Å². The van der Waals surface area contributed by atoms with E-state index in [4.69, 9.17) is 4.74 Å². The summed E-state index contributed by atoms with van der Waals surface area (Å²) in [6.45, 7) is -0.841. The van der Waals surface area contributed by atoms with Crippen molar-refractivity contribution in [1.82, 2.24) is 0 Å². The van der Waals surface area contributed by atoms with Gasteiger partial charge in [0.1, 0.15) is 11.5 Å². The molecule has 1 aromatic rings. The molecule has 0 bridgehead atoms. The van der Waals surface area contributed by atoms with Crippen LogP contribution in [0.2, 0.25) is 0 Å². The first kappa shape index (κ1) is 11.0. The third kappa shape index (κ3) is 3.63. The van der Waals surface area contributed by atoms with Crippen molar-refractivity contribution >= 4 is 5.97 Å². The quantitative estimate of drug-likeness (QED) is 0.319. The highest BCUT2D eigenvalue weighted by molar-refractivity contribution is 5.73. The highest BCUT2D eigenvalue weighted by Crippen LogP contribution is 2.16. The van der Waals surface area contributed by atoms with E-state index in [0.29, 0.717) is 5.75 Å². The minimum absolute atomic E-state index is 0.252. The van der Waals surface area contributed by atoms with Crippen LogP contribution in [-0.2, 0) is 4.79 Å². The lowest BCUT2D eigenvalue weighted by molar-refractivity contribution is -0.469. The molecule has 6 heteroatoms. The summed E-state index contributed by atoms with van der Waals surface area (Å²) in [6, 6.07) is 6.18. The first-order valence-corrected chi connectivity index (χ1v) is 4.08. The average Bonchev–Trinajstić information content (AvgIpc) is 2.17. The van der Waals surface area contributed by atoms with Gasteiger partial charge in [-0.3, -0.25) is 10.1 Å². The zero-order valence-corrected chi connectivity index (χ0v) is 8.00. The molecule has 0 heterocycles. The Morgan fingerprint density at radius 1 is 1.33 bits per heavy atom. The molecule has 0 fully saturated rings. The number of hydrogen-bond donors (Lipinski definition) is 0. The number of methoxy groups -OCH3 is 1. The van der Waals surface area contributed by atoms with Gasteiger partial charge in [0.25, 0.3) is 6.54 Å². The Morgan fingerprint density at radius 2 is 1.87 bits per heavy atom. The van der Waals surface area contributed by atoms with Crippen molar-refractivity contribution in [2.75, 3.05) is 13.7 Å². The molecule has 80 valence electrons. The Hall–Kier alpha value is -2.11. The molecule has 0 aliphatic heterocycles. The molecule has 0 aliphatic rings. The predicted molar refractivity (Wildman–Crippen MR) is 50.5 cm³/mol. The highest BCUT2D eigenvalue weighted by atomic mass is 16.6. The van der Waals surface area contributed by atoms with Crippen LogP contribution in [0.25, 0.3) is 0 Å². The van der Waals surface area contributed by atoms with Crippen molar-refractivity contribution in [3.8, 4) is 11.5 Å². The summed E-state index contributed by atoms with van der Waals surface area (Å²) in [4.78, 5) is 20.1. The third-order valence-corrected chi connectivity index (χ3v) is 1.55. The molecule has 0 N–H and O–H groups in total. The Balaban J connectivity index is 2.57. The highest BCUT2D eigenvalue weighted by Gasteiger charge is 2.11. The molecule has 1 aromatic carbocycles. The van der Waals surface area contributed by atoms with Crippen LogP contribution in [0, 0.1) is 10.1 Å². The number of rotatable bonds is 4. The molecule has 15 heavy (non-hydrogen) atoms. The van der Waals surface area contributed by atoms with E-state index in [2.05, 4.69) is 4.74 Å². The number of ether oxygens (including phenoxy) is 2. The van der Waals surface area contributed by atoms with Gasteiger partial charge in [0.15, 0.2) is 0 Å². The molecule has 0 spiro atoms. The molecule has 6 nitrogen and oxygen atoms in total. The number of hydrogen-bond acceptors (Lipinski definition) is 5. The molecule has 0 atom stereocenters. The second kappa shape index (κ2) is 4.94. The lowest BCUT2D eigenvalue weighted by atomic mass is 10.3. The molecule has 0 saturated heterocycles. The summed E-state index contributed by atoms with van der Waals surface area (Å²) in [5.41, 5.74) is 0. The van der Waals surface area contributed by atoms with E-state index >= 15 is 0 Å². The zero-order valence-electron chi connectivity index (χ0n) is 8.00. The van der Waals surface area contributed by atoms with Crippen molar-refractivity contribution < 1.29 is 19.2 Å². The Labute approximate surface area is 85.6 Å². The minimum Gasteiger partial charge on any atom is -0.497 e. The summed E-state index contributed by atoms with van der Waals surface area (Å²) >= 11 is 0. The molecule has 0 radical (unpaired) electrons. The van der Waals surface area contributed by atoms with E-state index in [0.717, 1.165) is 0 Å². The van der Waals surface area contributed by atoms with Crippen LogP contribution in [0.1, 0.15) is 0 Å². The van der Waals surface area contributed by atoms with E-state index in [-0.39, 0.29) is 5.75 Å². The standard InChI is InChI=1S/C9H9NO5/c1-14-7-2-4-8(5-3-7)15-9(11)6-10(12)13/h2-5H,6H2,1H3. The largest absolute Gasteiger partial charge is 0.497 e. The summed E-state index contributed by atoms with van der Waals surface area (Å²) in [7, 11) is 1.51. The summed E-state index contributed by atoms with van der Waals surface area (Å²) in [5.74, 6) is -0.0307. The molecule has 1 rings (SSSR count). The molecule has 0 saturated carbocycles. The van der Waals surface area contributed by atoms with Crippen LogP contribution >= 0.6 is 0 Å². The van der Waals surface area contributed by atoms with Crippen LogP contribution in [0.15, 0.2) is 24.3 Å². The van der Waals surface area contributed by atoms with Crippen molar-refractivity contribution in [2.45, 2.75) is 0 Å². The number of carbonyl (C=O) groups is 1. The van der Waals surface area contributed by atoms with Gasteiger partial charge in [-0.05, 0) is 24.3 Å². The fourth-order valence-corrected chi connectivity index (χ4v) is 0.913. The average molecular weight is 211 g/mol. The SMILES string of the molecule is COc1ccc(OC(=O)C[N+](=O)[O-])cc1. The van der Waals surface area contributed by atoms with Crippen LogP contribution in [0.5, 0.6) is 11.5 Å². The summed E-state index contributed by atoms with van der Waals surface area (Å²) in [5, 5.41) is 9.99. The van der Waals surface area contributed by atoms with E-state index in [1.165, 1.54) is 19.2 Å². The van der Waals surface area contributed by atoms with Gasteiger partial charge < -0.3 is 9.47 Å². The number of benzene rings is 1. The monoisotopic (exact) mass is 211 g/mol. The Bertz CT molecular complexity index is 359. The van der Waals surface area contributed by atoms with Gasteiger partial charge in [-0.1, -0.05) is 0 Å². The maximum atomic E-state index is 10.9. The topological polar surface area (TPSA) is 78.7 Å². The lowest BCUT2D eigenvalue weighted by Crippen LogP contribution is -2.19. The van der Waals surface area contributed by atoms with Crippen molar-refractivity contribution in [3.63, 3.8) is 0 Å². The van der Waals surface area contributed by atoms with E-state index < -0.39 is 17.4 Å². The van der Waals surface area contributed by atoms with Crippen molar-refractivity contribution in [3.05, 3.63) is 34.4 Å². The van der Waals surface area contributed by atoms with Gasteiger partial charge in [0.2, 0.25) is 0 Å². The van der Waals surface area contributed by atoms with E-state index in [9.17, 15) is 14.9 Å². The zero-order chi connectivity index (χ0) is 11.3. The minimum atomic E-state index is -0.898. The van der Waals surface area contributed by atoms with Gasteiger partial charge in [-0.2, -0.15) is 0 Å². The number of nitrogens with zero attached hydrogens (tertiary/aromatic N) is 1. The van der Waals surface area contributed by atoms with Crippen LogP contribution in [-0.4, -0.2) is 24.5 Å². The fraction of sp³-hybridized carbons (Fsp3) is 0.222. The molecular formula is C9H9NO5. The number of esters is 1. The van der Waals surface area contributed by atoms with Crippen LogP contribution < -0.4 is 9.47 Å². The summed E-state index contributed by atoms with van der Waals surface area (Å²) in [6.07, 6.45) is 0. The first-order valence-electron chi connectivity index (χ1n) is 4.08.